The largest absolute Gasteiger partial charge is 0.859 e. The number of aromatic amines is 2. The van der Waals surface area contributed by atoms with Gasteiger partial charge in [0.05, 0.1) is 51.6 Å². The van der Waals surface area contributed by atoms with Gasteiger partial charge < -0.3 is 38.5 Å². The molecule has 8 rings (SSSR count). The molecule has 0 radical (unpaired) electrons. The number of nitrogens with one attached hydrogen (secondary N) is 3. The molecule has 58 heavy (non-hydrogen) atoms. The highest BCUT2D eigenvalue weighted by molar-refractivity contribution is 7.71. The Hall–Kier alpha value is -6.23. The van der Waals surface area contributed by atoms with Crippen molar-refractivity contribution in [1.29, 1.82) is 0 Å². The molecule has 0 saturated carbocycles. The fraction of sp³-hybridized carbons (Fsp3) is 0.262. The van der Waals surface area contributed by atoms with Gasteiger partial charge in [-0.1, -0.05) is 12.1 Å². The molecular formula is C42H40N6O8S2. The summed E-state index contributed by atoms with van der Waals surface area (Å²) in [5.74, 6) is -0.655. The van der Waals surface area contributed by atoms with Crippen LogP contribution in [-0.4, -0.2) is 63.2 Å². The maximum absolute atomic E-state index is 14.8. The number of aromatic hydroxyl groups is 1. The van der Waals surface area contributed by atoms with E-state index in [0.717, 1.165) is 30.8 Å². The molecule has 2 aliphatic rings. The van der Waals surface area contributed by atoms with E-state index in [2.05, 4.69) is 9.97 Å². The summed E-state index contributed by atoms with van der Waals surface area (Å²) >= 11 is 11.1. The lowest BCUT2D eigenvalue weighted by atomic mass is 9.82. The molecule has 2 bridgehead atoms. The van der Waals surface area contributed by atoms with E-state index in [-0.39, 0.29) is 38.1 Å². The average Bonchev–Trinajstić information content (AvgIpc) is 3.21. The van der Waals surface area contributed by atoms with Crippen LogP contribution in [0.5, 0.6) is 29.0 Å². The van der Waals surface area contributed by atoms with Crippen LogP contribution in [0.4, 0.5) is 0 Å². The second-order valence-electron chi connectivity index (χ2n) is 14.6. The molecule has 4 unspecified atom stereocenters. The zero-order valence-corrected chi connectivity index (χ0v) is 33.4. The van der Waals surface area contributed by atoms with E-state index in [1.54, 1.807) is 73.8 Å². The molecule has 0 aliphatic carbocycles. The van der Waals surface area contributed by atoms with E-state index < -0.39 is 28.8 Å². The van der Waals surface area contributed by atoms with Gasteiger partial charge in [-0.3, -0.25) is 28.9 Å². The summed E-state index contributed by atoms with van der Waals surface area (Å²) in [6.07, 6.45) is 0.989. The number of hydrogen-bond acceptors (Lipinski definition) is 10. The summed E-state index contributed by atoms with van der Waals surface area (Å²) in [5.41, 5.74) is 0.631. The van der Waals surface area contributed by atoms with E-state index >= 15 is 0 Å². The van der Waals surface area contributed by atoms with Crippen LogP contribution in [0.25, 0.3) is 11.4 Å². The molecule has 1 saturated heterocycles. The van der Waals surface area contributed by atoms with E-state index in [1.165, 1.54) is 28.3 Å². The third kappa shape index (κ3) is 6.92. The maximum Gasteiger partial charge on any atom is 0.259 e. The summed E-state index contributed by atoms with van der Waals surface area (Å²) < 4.78 is 20.5. The number of benzene rings is 3. The maximum atomic E-state index is 14.8. The first kappa shape index (κ1) is 38.6. The highest BCUT2D eigenvalue weighted by Crippen LogP contribution is 2.39. The fourth-order valence-corrected chi connectivity index (χ4v) is 9.21. The van der Waals surface area contributed by atoms with Crippen molar-refractivity contribution in [2.45, 2.75) is 31.3 Å². The first-order chi connectivity index (χ1) is 28.0. The number of nitrogens with zero attached hydrogens (tertiary/aromatic N) is 3. The van der Waals surface area contributed by atoms with Crippen molar-refractivity contribution in [3.8, 4) is 40.4 Å². The van der Waals surface area contributed by atoms with Gasteiger partial charge in [-0.2, -0.15) is 0 Å². The van der Waals surface area contributed by atoms with Gasteiger partial charge in [-0.05, 0) is 109 Å². The van der Waals surface area contributed by atoms with Gasteiger partial charge in [0.15, 0.2) is 9.54 Å². The molecule has 0 spiro atoms. The third-order valence-corrected chi connectivity index (χ3v) is 11.8. The molecule has 298 valence electrons. The Morgan fingerprint density at radius 2 is 1.43 bits per heavy atom. The topological polar surface area (TPSA) is 173 Å². The van der Waals surface area contributed by atoms with E-state index in [4.69, 9.17) is 38.6 Å². The van der Waals surface area contributed by atoms with Gasteiger partial charge in [-0.25, -0.2) is 0 Å². The Bertz CT molecular complexity index is 2720. The summed E-state index contributed by atoms with van der Waals surface area (Å²) in [5, 5.41) is 26.9. The van der Waals surface area contributed by atoms with Crippen LogP contribution >= 0.6 is 24.4 Å². The molecule has 14 nitrogen and oxygen atoms in total. The van der Waals surface area contributed by atoms with E-state index in [1.807, 2.05) is 22.8 Å². The minimum absolute atomic E-state index is 0.0109. The van der Waals surface area contributed by atoms with Crippen LogP contribution in [0.15, 0.2) is 99.3 Å². The Labute approximate surface area is 341 Å². The first-order valence-corrected chi connectivity index (χ1v) is 19.4. The Kier molecular flexibility index (Phi) is 10.4. The molecule has 5 heterocycles. The lowest BCUT2D eigenvalue weighted by molar-refractivity contribution is -0.924. The predicted octanol–water partition coefficient (Wildman–Crippen LogP) is 3.45. The van der Waals surface area contributed by atoms with Crippen molar-refractivity contribution in [2.75, 3.05) is 34.4 Å². The van der Waals surface area contributed by atoms with Crippen LogP contribution < -0.4 is 40.9 Å². The second kappa shape index (κ2) is 15.6. The molecule has 4 atom stereocenters. The second-order valence-corrected chi connectivity index (χ2v) is 15.4. The molecule has 6 aromatic rings. The van der Waals surface area contributed by atoms with Crippen LogP contribution in [0.2, 0.25) is 0 Å². The summed E-state index contributed by atoms with van der Waals surface area (Å²) in [6, 6.07) is 23.9. The summed E-state index contributed by atoms with van der Waals surface area (Å²) in [4.78, 5) is 47.6. The van der Waals surface area contributed by atoms with Crippen molar-refractivity contribution < 1.29 is 29.3 Å². The summed E-state index contributed by atoms with van der Waals surface area (Å²) in [6.45, 7) is 2.73. The van der Waals surface area contributed by atoms with Crippen molar-refractivity contribution in [2.24, 2.45) is 5.92 Å². The molecule has 1 fully saturated rings. The lowest BCUT2D eigenvalue weighted by Crippen LogP contribution is -3.13. The standard InChI is InChI=1S/C42H40N6O8S2/c1-54-29-12-8-27(9-13-29)47-39(52)35(37(50)43-41(47)57)34(36-38(51)44-42(58)48(40(36)53)28-10-14-30(55-2)15-11-28)24-7-16-32(56-3)26(18-24)22-45-19-23-17-25(21-45)31-5-4-6-33(49)46(31)20-23/h4-16,18,23,25,34,52-53H,17,19-22H2,1-3H3,(H,43,50,57)(H,44,51,58). The quantitative estimate of drug-likeness (QED) is 0.150. The SMILES string of the molecule is COc1ccc(-n2c([O-])c(C(c3ccc(OC)c(C[NH+]4CC5CC(C4)c4cccc(=O)n4C5)c3)c3c(O)n(-c4ccc(OC)cc4)c(=S)[nH]c3=O)c(=O)[nH]c2=S)cc1. The third-order valence-electron chi connectivity index (χ3n) is 11.2. The molecule has 16 heteroatoms. The molecule has 3 aromatic heterocycles. The number of piperidine rings is 1. The normalized spacial score (nSPS) is 17.6. The lowest BCUT2D eigenvalue weighted by Gasteiger charge is -2.40. The number of fused-ring (bicyclic) bond motifs is 4. The van der Waals surface area contributed by atoms with Gasteiger partial charge >= 0.3 is 0 Å². The fourth-order valence-electron chi connectivity index (χ4n) is 8.65. The number of aromatic nitrogens is 5. The highest BCUT2D eigenvalue weighted by atomic mass is 32.1. The summed E-state index contributed by atoms with van der Waals surface area (Å²) in [7, 11) is 4.60. The number of ether oxygens (including phenoxy) is 3. The first-order valence-electron chi connectivity index (χ1n) is 18.6. The van der Waals surface area contributed by atoms with Crippen molar-refractivity contribution >= 4 is 24.4 Å². The molecule has 4 N–H and O–H groups in total. The van der Waals surface area contributed by atoms with Gasteiger partial charge in [0.25, 0.3) is 16.7 Å². The van der Waals surface area contributed by atoms with E-state index in [0.29, 0.717) is 47.3 Å². The van der Waals surface area contributed by atoms with Crippen molar-refractivity contribution in [3.05, 3.63) is 153 Å². The van der Waals surface area contributed by atoms with Crippen LogP contribution in [0.1, 0.15) is 46.2 Å². The Balaban J connectivity index is 1.31. The number of H-pyrrole nitrogens is 2. The Morgan fingerprint density at radius 1 is 0.810 bits per heavy atom. The minimum atomic E-state index is -1.43. The van der Waals surface area contributed by atoms with Crippen molar-refractivity contribution in [1.82, 2.24) is 23.7 Å². The van der Waals surface area contributed by atoms with Crippen molar-refractivity contribution in [3.63, 3.8) is 0 Å². The van der Waals surface area contributed by atoms with Gasteiger partial charge in [0.2, 0.25) is 5.88 Å². The number of pyridine rings is 1. The number of methoxy groups -OCH3 is 3. The number of hydrogen-bond donors (Lipinski definition) is 4. The highest BCUT2D eigenvalue weighted by Gasteiger charge is 2.38. The number of likely N-dealkylation sites (tertiary alicyclic amines) is 1. The number of rotatable bonds is 10. The zero-order valence-electron chi connectivity index (χ0n) is 31.8. The minimum Gasteiger partial charge on any atom is -0.859 e. The predicted molar refractivity (Wildman–Crippen MR) is 219 cm³/mol. The molecule has 2 aliphatic heterocycles. The van der Waals surface area contributed by atoms with Crippen LogP contribution in [0, 0.1) is 15.5 Å². The van der Waals surface area contributed by atoms with Gasteiger partial charge in [0, 0.05) is 47.0 Å². The number of quaternary nitrogens is 1. The zero-order chi connectivity index (χ0) is 40.8. The van der Waals surface area contributed by atoms with Crippen LogP contribution in [0.3, 0.4) is 0 Å². The van der Waals surface area contributed by atoms with Crippen LogP contribution in [-0.2, 0) is 13.1 Å². The average molecular weight is 821 g/mol. The monoisotopic (exact) mass is 820 g/mol. The Morgan fingerprint density at radius 3 is 2.07 bits per heavy atom. The molecule has 3 aromatic carbocycles. The molecular weight excluding hydrogens is 781 g/mol. The van der Waals surface area contributed by atoms with Gasteiger partial charge in [0.1, 0.15) is 23.8 Å². The smallest absolute Gasteiger partial charge is 0.259 e. The van der Waals surface area contributed by atoms with E-state index in [9.17, 15) is 24.6 Å². The van der Waals surface area contributed by atoms with Gasteiger partial charge in [-0.15, -0.1) is 0 Å². The molecule has 0 amide bonds.